The molecule has 0 amide bonds. The summed E-state index contributed by atoms with van der Waals surface area (Å²) in [5, 5.41) is 7.79. The summed E-state index contributed by atoms with van der Waals surface area (Å²) in [5.74, 6) is 0. The van der Waals surface area contributed by atoms with E-state index in [0.29, 0.717) is 0 Å². The van der Waals surface area contributed by atoms with Gasteiger partial charge < -0.3 is 5.73 Å². The molecule has 2 aromatic rings. The maximum Gasteiger partial charge on any atom is 0.178 e. The number of hydrogen-bond acceptors (Lipinski definition) is 5. The molecule has 0 fully saturated rings. The molecule has 6 heteroatoms. The van der Waals surface area contributed by atoms with Crippen LogP contribution in [0, 0.1) is 0 Å². The van der Waals surface area contributed by atoms with Gasteiger partial charge >= 0.3 is 0 Å². The van der Waals surface area contributed by atoms with Gasteiger partial charge in [0.25, 0.3) is 0 Å². The Balaban J connectivity index is 2.21. The van der Waals surface area contributed by atoms with Gasteiger partial charge in [0, 0.05) is 15.4 Å². The highest BCUT2D eigenvalue weighted by Gasteiger charge is 2.07. The summed E-state index contributed by atoms with van der Waals surface area (Å²) >= 11 is 6.66. The third kappa shape index (κ3) is 2.82. The van der Waals surface area contributed by atoms with Gasteiger partial charge in [0.15, 0.2) is 4.34 Å². The molecule has 0 aliphatic carbocycles. The molecule has 2 N–H and O–H groups in total. The highest BCUT2D eigenvalue weighted by molar-refractivity contribution is 9.10. The van der Waals surface area contributed by atoms with Crippen molar-refractivity contribution < 1.29 is 0 Å². The minimum absolute atomic E-state index is 0.0370. The first kappa shape index (κ1) is 12.0. The van der Waals surface area contributed by atoms with E-state index < -0.39 is 0 Å². The van der Waals surface area contributed by atoms with Crippen LogP contribution in [0.5, 0.6) is 0 Å². The lowest BCUT2D eigenvalue weighted by molar-refractivity contribution is 0.811. The fourth-order valence-corrected chi connectivity index (χ4v) is 3.63. The van der Waals surface area contributed by atoms with Gasteiger partial charge in [-0.2, -0.15) is 0 Å². The summed E-state index contributed by atoms with van der Waals surface area (Å²) in [5.41, 5.74) is 8.69. The minimum atomic E-state index is 0.0370. The van der Waals surface area contributed by atoms with Crippen LogP contribution in [-0.2, 0) is 0 Å². The summed E-state index contributed by atoms with van der Waals surface area (Å²) in [6.45, 7) is 1.97. The second kappa shape index (κ2) is 5.27. The van der Waals surface area contributed by atoms with Gasteiger partial charge in [0.05, 0.1) is 0 Å². The Morgan fingerprint density at radius 3 is 2.88 bits per heavy atom. The molecule has 0 saturated heterocycles. The summed E-state index contributed by atoms with van der Waals surface area (Å²) in [6, 6.07) is 6.19. The van der Waals surface area contributed by atoms with Crippen LogP contribution in [0.25, 0.3) is 0 Å². The first-order valence-electron chi connectivity index (χ1n) is 4.66. The summed E-state index contributed by atoms with van der Waals surface area (Å²) in [4.78, 5) is 1.13. The van der Waals surface area contributed by atoms with Crippen LogP contribution in [0.2, 0.25) is 0 Å². The Morgan fingerprint density at radius 1 is 1.50 bits per heavy atom. The van der Waals surface area contributed by atoms with Gasteiger partial charge in [0.1, 0.15) is 5.51 Å². The van der Waals surface area contributed by atoms with E-state index in [2.05, 4.69) is 38.3 Å². The molecule has 84 valence electrons. The van der Waals surface area contributed by atoms with Crippen LogP contribution in [0.1, 0.15) is 18.5 Å². The van der Waals surface area contributed by atoms with Crippen LogP contribution in [0.4, 0.5) is 0 Å². The van der Waals surface area contributed by atoms with Gasteiger partial charge in [0.2, 0.25) is 0 Å². The molecule has 1 heterocycles. The number of rotatable bonds is 3. The van der Waals surface area contributed by atoms with Crippen molar-refractivity contribution in [2.45, 2.75) is 22.2 Å². The summed E-state index contributed by atoms with van der Waals surface area (Å²) < 4.78 is 1.98. The lowest BCUT2D eigenvalue weighted by atomic mass is 10.1. The Morgan fingerprint density at radius 2 is 2.31 bits per heavy atom. The fraction of sp³-hybridized carbons (Fsp3) is 0.200. The van der Waals surface area contributed by atoms with Gasteiger partial charge in [-0.1, -0.05) is 45.1 Å². The number of aromatic nitrogens is 2. The van der Waals surface area contributed by atoms with E-state index in [1.165, 1.54) is 11.3 Å². The van der Waals surface area contributed by atoms with Crippen molar-refractivity contribution in [2.75, 3.05) is 0 Å². The predicted molar refractivity (Wildman–Crippen MR) is 70.8 cm³/mol. The van der Waals surface area contributed by atoms with E-state index in [0.717, 1.165) is 19.3 Å². The number of hydrogen-bond donors (Lipinski definition) is 1. The number of nitrogens with zero attached hydrogens (tertiary/aromatic N) is 2. The molecule has 3 nitrogen and oxygen atoms in total. The maximum absolute atomic E-state index is 5.84. The fourth-order valence-electron chi connectivity index (χ4n) is 1.25. The van der Waals surface area contributed by atoms with Crippen LogP contribution in [0.3, 0.4) is 0 Å². The van der Waals surface area contributed by atoms with Gasteiger partial charge in [-0.05, 0) is 24.6 Å². The minimum Gasteiger partial charge on any atom is -0.324 e. The van der Waals surface area contributed by atoms with Crippen LogP contribution < -0.4 is 5.73 Å². The number of halogens is 1. The molecule has 0 unspecified atom stereocenters. The molecule has 0 saturated carbocycles. The zero-order valence-corrected chi connectivity index (χ0v) is 11.8. The second-order valence-electron chi connectivity index (χ2n) is 3.28. The molecule has 1 atom stereocenters. The molecule has 0 aliphatic heterocycles. The van der Waals surface area contributed by atoms with Crippen molar-refractivity contribution in [2.24, 2.45) is 5.73 Å². The highest BCUT2D eigenvalue weighted by Crippen LogP contribution is 2.32. The predicted octanol–water partition coefficient (Wildman–Crippen LogP) is 3.47. The van der Waals surface area contributed by atoms with E-state index in [1.54, 1.807) is 17.3 Å². The molecule has 1 aromatic carbocycles. The molecule has 1 aromatic heterocycles. The largest absolute Gasteiger partial charge is 0.324 e. The zero-order valence-electron chi connectivity index (χ0n) is 8.55. The maximum atomic E-state index is 5.84. The second-order valence-corrected chi connectivity index (χ2v) is 6.29. The van der Waals surface area contributed by atoms with Crippen molar-refractivity contribution in [3.63, 3.8) is 0 Å². The first-order chi connectivity index (χ1) is 7.66. The Kier molecular flexibility index (Phi) is 3.96. The Bertz CT molecular complexity index is 471. The van der Waals surface area contributed by atoms with E-state index in [-0.39, 0.29) is 6.04 Å². The molecule has 0 bridgehead atoms. The van der Waals surface area contributed by atoms with E-state index in [9.17, 15) is 0 Å². The average molecular weight is 316 g/mol. The van der Waals surface area contributed by atoms with Crippen LogP contribution in [-0.4, -0.2) is 10.2 Å². The summed E-state index contributed by atoms with van der Waals surface area (Å²) in [7, 11) is 0. The molecule has 2 rings (SSSR count). The topological polar surface area (TPSA) is 51.8 Å². The molecule has 16 heavy (non-hydrogen) atoms. The number of benzene rings is 1. The van der Waals surface area contributed by atoms with E-state index in [4.69, 9.17) is 5.73 Å². The Hall–Kier alpha value is -0.430. The van der Waals surface area contributed by atoms with Crippen molar-refractivity contribution in [1.82, 2.24) is 10.2 Å². The molecule has 0 radical (unpaired) electrons. The van der Waals surface area contributed by atoms with Crippen LogP contribution >= 0.6 is 39.0 Å². The van der Waals surface area contributed by atoms with E-state index >= 15 is 0 Å². The Labute approximate surface area is 111 Å². The van der Waals surface area contributed by atoms with Gasteiger partial charge in [-0.15, -0.1) is 10.2 Å². The number of nitrogens with two attached hydrogens (primary N) is 1. The molecular formula is C10H10BrN3S2. The van der Waals surface area contributed by atoms with Crippen molar-refractivity contribution in [3.05, 3.63) is 33.7 Å². The normalized spacial score (nSPS) is 12.7. The van der Waals surface area contributed by atoms with E-state index in [1.807, 2.05) is 13.0 Å². The van der Waals surface area contributed by atoms with Gasteiger partial charge in [-0.3, -0.25) is 0 Å². The quantitative estimate of drug-likeness (QED) is 0.942. The van der Waals surface area contributed by atoms with Gasteiger partial charge in [-0.25, -0.2) is 0 Å². The third-order valence-electron chi connectivity index (χ3n) is 2.01. The molecular weight excluding hydrogens is 306 g/mol. The lowest BCUT2D eigenvalue weighted by Crippen LogP contribution is -2.05. The highest BCUT2D eigenvalue weighted by atomic mass is 79.9. The standard InChI is InChI=1S/C10H10BrN3S2/c1-6(12)8-3-2-7(4-9(8)11)16-10-14-13-5-15-10/h2-6H,12H2,1H3/t6-/m0/s1. The van der Waals surface area contributed by atoms with Crippen molar-refractivity contribution in [1.29, 1.82) is 0 Å². The first-order valence-corrected chi connectivity index (χ1v) is 7.15. The lowest BCUT2D eigenvalue weighted by Gasteiger charge is -2.09. The van der Waals surface area contributed by atoms with Crippen molar-refractivity contribution in [3.8, 4) is 0 Å². The smallest absolute Gasteiger partial charge is 0.178 e. The van der Waals surface area contributed by atoms with Crippen molar-refractivity contribution >= 4 is 39.0 Å². The molecule has 0 aliphatic rings. The summed E-state index contributed by atoms with van der Waals surface area (Å²) in [6.07, 6.45) is 0. The monoisotopic (exact) mass is 315 g/mol. The SMILES string of the molecule is C[C@H](N)c1ccc(Sc2nncs2)cc1Br. The van der Waals surface area contributed by atoms with Crippen LogP contribution in [0.15, 0.2) is 37.4 Å². The zero-order chi connectivity index (χ0) is 11.5. The third-order valence-corrected chi connectivity index (χ3v) is 4.46. The molecule has 0 spiro atoms. The average Bonchev–Trinajstić information content (AvgIpc) is 2.70.